The summed E-state index contributed by atoms with van der Waals surface area (Å²) in [5.74, 6) is 0.536. The van der Waals surface area contributed by atoms with Crippen LogP contribution >= 0.6 is 34.7 Å². The standard InChI is InChI=1S/C16H19BrClN4O2P/c1-25(2,23)14-9-11(22-5-7-24-8-6-22)3-4-13(14)20-15-12(17)10-19-16(18)21-15/h3-4,9-10H,5-8H2,1-2H3,(H,19,20,21). The number of halogens is 2. The first-order valence-corrected chi connectivity index (χ1v) is 11.6. The molecule has 1 fully saturated rings. The zero-order valence-electron chi connectivity index (χ0n) is 14.0. The van der Waals surface area contributed by atoms with E-state index in [-0.39, 0.29) is 5.28 Å². The molecule has 1 aliphatic heterocycles. The molecule has 1 aromatic heterocycles. The molecular weight excluding hydrogens is 427 g/mol. The molecule has 9 heteroatoms. The minimum absolute atomic E-state index is 0.147. The van der Waals surface area contributed by atoms with Crippen LogP contribution in [0.4, 0.5) is 17.2 Å². The third-order valence-electron chi connectivity index (χ3n) is 3.91. The summed E-state index contributed by atoms with van der Waals surface area (Å²) in [6, 6.07) is 5.94. The van der Waals surface area contributed by atoms with E-state index in [0.29, 0.717) is 23.5 Å². The van der Waals surface area contributed by atoms with E-state index in [9.17, 15) is 4.57 Å². The van der Waals surface area contributed by atoms with Gasteiger partial charge in [-0.3, -0.25) is 0 Å². The van der Waals surface area contributed by atoms with Gasteiger partial charge in [0.25, 0.3) is 0 Å². The molecule has 0 spiro atoms. The topological polar surface area (TPSA) is 67.3 Å². The average Bonchev–Trinajstić information content (AvgIpc) is 2.58. The summed E-state index contributed by atoms with van der Waals surface area (Å²) >= 11 is 9.29. The van der Waals surface area contributed by atoms with Crippen molar-refractivity contribution in [3.63, 3.8) is 0 Å². The number of nitrogens with one attached hydrogen (secondary N) is 1. The molecule has 134 valence electrons. The molecule has 0 unspecified atom stereocenters. The molecule has 1 saturated heterocycles. The molecule has 1 aromatic carbocycles. The van der Waals surface area contributed by atoms with Crippen molar-refractivity contribution >= 4 is 57.2 Å². The minimum Gasteiger partial charge on any atom is -0.378 e. The maximum absolute atomic E-state index is 12.9. The highest BCUT2D eigenvalue weighted by molar-refractivity contribution is 9.10. The van der Waals surface area contributed by atoms with Crippen molar-refractivity contribution in [1.82, 2.24) is 9.97 Å². The number of rotatable bonds is 4. The fourth-order valence-electron chi connectivity index (χ4n) is 2.65. The van der Waals surface area contributed by atoms with Gasteiger partial charge in [-0.05, 0) is 59.1 Å². The van der Waals surface area contributed by atoms with Gasteiger partial charge in [-0.2, -0.15) is 4.98 Å². The monoisotopic (exact) mass is 444 g/mol. The zero-order valence-corrected chi connectivity index (χ0v) is 17.2. The fourth-order valence-corrected chi connectivity index (χ4v) is 4.23. The smallest absolute Gasteiger partial charge is 0.224 e. The Bertz CT molecular complexity index is 824. The molecule has 1 aliphatic rings. The Morgan fingerprint density at radius 2 is 2.04 bits per heavy atom. The summed E-state index contributed by atoms with van der Waals surface area (Å²) in [6.45, 7) is 6.60. The Morgan fingerprint density at radius 1 is 1.32 bits per heavy atom. The fraction of sp³-hybridized carbons (Fsp3) is 0.375. The Balaban J connectivity index is 1.98. The van der Waals surface area contributed by atoms with Crippen molar-refractivity contribution in [2.45, 2.75) is 0 Å². The van der Waals surface area contributed by atoms with Gasteiger partial charge >= 0.3 is 0 Å². The van der Waals surface area contributed by atoms with Gasteiger partial charge in [-0.1, -0.05) is 0 Å². The average molecular weight is 446 g/mol. The van der Waals surface area contributed by atoms with Crippen LogP contribution in [0.15, 0.2) is 28.9 Å². The molecule has 6 nitrogen and oxygen atoms in total. The normalized spacial score (nSPS) is 15.3. The summed E-state index contributed by atoms with van der Waals surface area (Å²) < 4.78 is 18.9. The third kappa shape index (κ3) is 4.53. The Hall–Kier alpha value is -1.14. The van der Waals surface area contributed by atoms with Crippen LogP contribution in [-0.4, -0.2) is 49.6 Å². The number of anilines is 3. The summed E-state index contributed by atoms with van der Waals surface area (Å²) in [6.07, 6.45) is 1.58. The number of morpholine rings is 1. The number of benzene rings is 1. The third-order valence-corrected chi connectivity index (χ3v) is 6.20. The van der Waals surface area contributed by atoms with Gasteiger partial charge in [0, 0.05) is 30.3 Å². The Labute approximate surface area is 160 Å². The Kier molecular flexibility index (Phi) is 5.68. The van der Waals surface area contributed by atoms with Crippen LogP contribution in [0.3, 0.4) is 0 Å². The lowest BCUT2D eigenvalue weighted by Crippen LogP contribution is -2.36. The van der Waals surface area contributed by atoms with Crippen molar-refractivity contribution in [2.75, 3.05) is 49.8 Å². The van der Waals surface area contributed by atoms with Crippen LogP contribution in [0, 0.1) is 0 Å². The van der Waals surface area contributed by atoms with Crippen molar-refractivity contribution < 1.29 is 9.30 Å². The first-order chi connectivity index (χ1) is 11.8. The van der Waals surface area contributed by atoms with Gasteiger partial charge in [0.05, 0.1) is 23.4 Å². The van der Waals surface area contributed by atoms with E-state index >= 15 is 0 Å². The van der Waals surface area contributed by atoms with Gasteiger partial charge in [-0.25, -0.2) is 4.98 Å². The van der Waals surface area contributed by atoms with Crippen LogP contribution < -0.4 is 15.5 Å². The molecule has 0 aliphatic carbocycles. The van der Waals surface area contributed by atoms with Crippen molar-refractivity contribution in [2.24, 2.45) is 0 Å². The van der Waals surface area contributed by atoms with Crippen LogP contribution in [0.5, 0.6) is 0 Å². The minimum atomic E-state index is -2.51. The largest absolute Gasteiger partial charge is 0.378 e. The highest BCUT2D eigenvalue weighted by Crippen LogP contribution is 2.40. The second-order valence-electron chi connectivity index (χ2n) is 6.11. The molecule has 2 heterocycles. The van der Waals surface area contributed by atoms with Gasteiger partial charge in [0.2, 0.25) is 5.28 Å². The first kappa shape index (κ1) is 18.6. The van der Waals surface area contributed by atoms with Gasteiger partial charge in [-0.15, -0.1) is 0 Å². The molecule has 0 radical (unpaired) electrons. The van der Waals surface area contributed by atoms with Crippen molar-refractivity contribution in [3.8, 4) is 0 Å². The summed E-state index contributed by atoms with van der Waals surface area (Å²) in [4.78, 5) is 10.3. The summed E-state index contributed by atoms with van der Waals surface area (Å²) in [7, 11) is -2.51. The van der Waals surface area contributed by atoms with E-state index in [2.05, 4.69) is 36.1 Å². The summed E-state index contributed by atoms with van der Waals surface area (Å²) in [5, 5.41) is 4.14. The molecule has 3 rings (SSSR count). The second-order valence-corrected chi connectivity index (χ2v) is 10.5. The lowest BCUT2D eigenvalue weighted by molar-refractivity contribution is 0.122. The maximum atomic E-state index is 12.9. The molecular formula is C16H19BrClN4O2P. The lowest BCUT2D eigenvalue weighted by Gasteiger charge is -2.30. The maximum Gasteiger partial charge on any atom is 0.224 e. The molecule has 25 heavy (non-hydrogen) atoms. The molecule has 2 aromatic rings. The van der Waals surface area contributed by atoms with E-state index in [1.54, 1.807) is 19.5 Å². The number of hydrogen-bond donors (Lipinski definition) is 1. The SMILES string of the molecule is CP(C)(=O)c1cc(N2CCOCC2)ccc1Nc1nc(Cl)ncc1Br. The van der Waals surface area contributed by atoms with Gasteiger partial charge in [0.1, 0.15) is 13.0 Å². The van der Waals surface area contributed by atoms with Gasteiger partial charge < -0.3 is 19.5 Å². The Morgan fingerprint density at radius 3 is 2.72 bits per heavy atom. The highest BCUT2D eigenvalue weighted by Gasteiger charge is 2.20. The number of aromatic nitrogens is 2. The van der Waals surface area contributed by atoms with E-state index < -0.39 is 7.14 Å². The molecule has 0 saturated carbocycles. The van der Waals surface area contributed by atoms with E-state index in [0.717, 1.165) is 29.8 Å². The van der Waals surface area contributed by atoms with Crippen molar-refractivity contribution in [3.05, 3.63) is 34.2 Å². The predicted octanol–water partition coefficient (Wildman–Crippen LogP) is 3.72. The molecule has 1 N–H and O–H groups in total. The molecule has 0 bridgehead atoms. The van der Waals surface area contributed by atoms with Crippen molar-refractivity contribution in [1.29, 1.82) is 0 Å². The molecule has 0 atom stereocenters. The van der Waals surface area contributed by atoms with Crippen LogP contribution in [0.1, 0.15) is 0 Å². The zero-order chi connectivity index (χ0) is 18.0. The summed E-state index contributed by atoms with van der Waals surface area (Å²) in [5.41, 5.74) is 1.80. The quantitative estimate of drug-likeness (QED) is 0.571. The number of nitrogens with zero attached hydrogens (tertiary/aromatic N) is 3. The van der Waals surface area contributed by atoms with Crippen LogP contribution in [-0.2, 0) is 9.30 Å². The number of ether oxygens (including phenoxy) is 1. The van der Waals surface area contributed by atoms with Crippen LogP contribution in [0.25, 0.3) is 0 Å². The lowest BCUT2D eigenvalue weighted by atomic mass is 10.2. The molecule has 0 amide bonds. The second kappa shape index (κ2) is 7.62. The number of hydrogen-bond acceptors (Lipinski definition) is 6. The predicted molar refractivity (Wildman–Crippen MR) is 107 cm³/mol. The van der Waals surface area contributed by atoms with Gasteiger partial charge in [0.15, 0.2) is 0 Å². The first-order valence-electron chi connectivity index (χ1n) is 7.82. The van der Waals surface area contributed by atoms with E-state index in [4.69, 9.17) is 16.3 Å². The van der Waals surface area contributed by atoms with E-state index in [1.165, 1.54) is 0 Å². The van der Waals surface area contributed by atoms with Crippen LogP contribution in [0.2, 0.25) is 5.28 Å². The highest BCUT2D eigenvalue weighted by atomic mass is 79.9. The van der Waals surface area contributed by atoms with E-state index in [1.807, 2.05) is 18.2 Å².